The molecule has 0 unspecified atom stereocenters. The quantitative estimate of drug-likeness (QED) is 0.885. The highest BCUT2D eigenvalue weighted by Crippen LogP contribution is 2.28. The standard InChI is InChI=1S/C21H31N3O3/c1-15(2)18-6-4-5-16(3)19(18)22-21(26)24-9-7-17(8-10-24)20(25)23-11-13-27-14-12-23/h4-6,15,17H,7-14H2,1-3H3,(H,22,26). The number of carbonyl (C=O) groups is 2. The van der Waals surface area contributed by atoms with Crippen molar-refractivity contribution in [2.75, 3.05) is 44.7 Å². The number of benzene rings is 1. The van der Waals surface area contributed by atoms with Gasteiger partial charge >= 0.3 is 6.03 Å². The summed E-state index contributed by atoms with van der Waals surface area (Å²) in [6.07, 6.45) is 1.46. The lowest BCUT2D eigenvalue weighted by Crippen LogP contribution is -2.48. The number of morpholine rings is 1. The van der Waals surface area contributed by atoms with E-state index >= 15 is 0 Å². The first-order chi connectivity index (χ1) is 13.0. The molecule has 0 saturated carbocycles. The predicted octanol–water partition coefficient (Wildman–Crippen LogP) is 3.22. The summed E-state index contributed by atoms with van der Waals surface area (Å²) in [7, 11) is 0. The van der Waals surface area contributed by atoms with Gasteiger partial charge in [0, 0.05) is 37.8 Å². The number of carbonyl (C=O) groups excluding carboxylic acids is 2. The van der Waals surface area contributed by atoms with E-state index in [0.717, 1.165) is 29.7 Å². The van der Waals surface area contributed by atoms with E-state index in [1.54, 1.807) is 0 Å². The fourth-order valence-corrected chi connectivity index (χ4v) is 3.90. The summed E-state index contributed by atoms with van der Waals surface area (Å²) in [5.41, 5.74) is 3.15. The van der Waals surface area contributed by atoms with E-state index in [1.807, 2.05) is 28.9 Å². The van der Waals surface area contributed by atoms with Crippen LogP contribution in [0.4, 0.5) is 10.5 Å². The van der Waals surface area contributed by atoms with Crippen LogP contribution in [0.2, 0.25) is 0 Å². The first kappa shape index (κ1) is 19.7. The first-order valence-electron chi connectivity index (χ1n) is 9.99. The number of rotatable bonds is 3. The van der Waals surface area contributed by atoms with Gasteiger partial charge in [0.1, 0.15) is 0 Å². The SMILES string of the molecule is Cc1cccc(C(C)C)c1NC(=O)N1CCC(C(=O)N2CCOCC2)CC1. The number of nitrogens with one attached hydrogen (secondary N) is 1. The van der Waals surface area contributed by atoms with E-state index in [9.17, 15) is 9.59 Å². The predicted molar refractivity (Wildman–Crippen MR) is 106 cm³/mol. The van der Waals surface area contributed by atoms with Crippen molar-refractivity contribution in [3.8, 4) is 0 Å². The summed E-state index contributed by atoms with van der Waals surface area (Å²) >= 11 is 0. The van der Waals surface area contributed by atoms with Crippen LogP contribution in [0.25, 0.3) is 0 Å². The van der Waals surface area contributed by atoms with Crippen LogP contribution >= 0.6 is 0 Å². The third-order valence-corrected chi connectivity index (χ3v) is 5.61. The van der Waals surface area contributed by atoms with E-state index in [4.69, 9.17) is 4.74 Å². The highest BCUT2D eigenvalue weighted by molar-refractivity contribution is 5.91. The fourth-order valence-electron chi connectivity index (χ4n) is 3.90. The molecule has 0 bridgehead atoms. The number of nitrogens with zero attached hydrogens (tertiary/aromatic N) is 2. The molecule has 0 radical (unpaired) electrons. The third-order valence-electron chi connectivity index (χ3n) is 5.61. The lowest BCUT2D eigenvalue weighted by Gasteiger charge is -2.35. The molecule has 0 spiro atoms. The van der Waals surface area contributed by atoms with Gasteiger partial charge in [-0.05, 0) is 36.8 Å². The number of likely N-dealkylation sites (tertiary alicyclic amines) is 1. The van der Waals surface area contributed by atoms with Crippen molar-refractivity contribution in [2.45, 2.75) is 39.5 Å². The number of aryl methyl sites for hydroxylation is 1. The fraction of sp³-hybridized carbons (Fsp3) is 0.619. The van der Waals surface area contributed by atoms with Gasteiger partial charge in [-0.15, -0.1) is 0 Å². The number of piperidine rings is 1. The van der Waals surface area contributed by atoms with Gasteiger partial charge in [-0.3, -0.25) is 4.79 Å². The smallest absolute Gasteiger partial charge is 0.321 e. The first-order valence-corrected chi connectivity index (χ1v) is 9.99. The van der Waals surface area contributed by atoms with E-state index in [2.05, 4.69) is 25.2 Å². The van der Waals surface area contributed by atoms with E-state index in [0.29, 0.717) is 45.3 Å². The van der Waals surface area contributed by atoms with Crippen molar-refractivity contribution in [2.24, 2.45) is 5.92 Å². The van der Waals surface area contributed by atoms with Gasteiger partial charge in [0.15, 0.2) is 0 Å². The van der Waals surface area contributed by atoms with Crippen LogP contribution in [-0.4, -0.2) is 61.1 Å². The van der Waals surface area contributed by atoms with E-state index < -0.39 is 0 Å². The van der Waals surface area contributed by atoms with Crippen LogP contribution in [-0.2, 0) is 9.53 Å². The number of urea groups is 1. The monoisotopic (exact) mass is 373 g/mol. The van der Waals surface area contributed by atoms with Gasteiger partial charge in [0.05, 0.1) is 13.2 Å². The van der Waals surface area contributed by atoms with Crippen molar-refractivity contribution in [1.29, 1.82) is 0 Å². The Morgan fingerprint density at radius 2 is 1.74 bits per heavy atom. The van der Waals surface area contributed by atoms with E-state index in [-0.39, 0.29) is 17.9 Å². The Kier molecular flexibility index (Phi) is 6.37. The zero-order valence-corrected chi connectivity index (χ0v) is 16.7. The molecular weight excluding hydrogens is 342 g/mol. The van der Waals surface area contributed by atoms with Crippen molar-refractivity contribution in [1.82, 2.24) is 9.80 Å². The Bertz CT molecular complexity index is 675. The molecule has 6 nitrogen and oxygen atoms in total. The minimum absolute atomic E-state index is 0.0248. The molecule has 6 heteroatoms. The molecule has 1 aromatic rings. The minimum atomic E-state index is -0.0662. The molecule has 2 heterocycles. The largest absolute Gasteiger partial charge is 0.378 e. The minimum Gasteiger partial charge on any atom is -0.378 e. The summed E-state index contributed by atoms with van der Waals surface area (Å²) < 4.78 is 5.32. The summed E-state index contributed by atoms with van der Waals surface area (Å²) in [4.78, 5) is 29.2. The highest BCUT2D eigenvalue weighted by Gasteiger charge is 2.31. The molecule has 1 N–H and O–H groups in total. The van der Waals surface area contributed by atoms with Gasteiger partial charge in [-0.2, -0.15) is 0 Å². The van der Waals surface area contributed by atoms with Crippen molar-refractivity contribution >= 4 is 17.6 Å². The number of hydrogen-bond acceptors (Lipinski definition) is 3. The van der Waals surface area contributed by atoms with Crippen molar-refractivity contribution in [3.63, 3.8) is 0 Å². The maximum Gasteiger partial charge on any atom is 0.321 e. The zero-order chi connectivity index (χ0) is 19.4. The molecule has 27 heavy (non-hydrogen) atoms. The topological polar surface area (TPSA) is 61.9 Å². The number of ether oxygens (including phenoxy) is 1. The maximum absolute atomic E-state index is 12.8. The Morgan fingerprint density at radius 3 is 2.37 bits per heavy atom. The molecule has 0 aromatic heterocycles. The number of anilines is 1. The van der Waals surface area contributed by atoms with Crippen LogP contribution in [0.3, 0.4) is 0 Å². The van der Waals surface area contributed by atoms with Gasteiger partial charge in [-0.25, -0.2) is 4.79 Å². The summed E-state index contributed by atoms with van der Waals surface area (Å²) in [5, 5.41) is 3.11. The normalized spacial score (nSPS) is 18.7. The van der Waals surface area contributed by atoms with Crippen LogP contribution in [0.5, 0.6) is 0 Å². The molecule has 3 rings (SSSR count). The summed E-state index contributed by atoms with van der Waals surface area (Å²) in [5.74, 6) is 0.591. The van der Waals surface area contributed by atoms with Crippen LogP contribution in [0.1, 0.15) is 43.7 Å². The summed E-state index contributed by atoms with van der Waals surface area (Å²) in [6, 6.07) is 6.06. The van der Waals surface area contributed by atoms with Crippen LogP contribution in [0, 0.1) is 12.8 Å². The number of para-hydroxylation sites is 1. The summed E-state index contributed by atoms with van der Waals surface area (Å²) in [6.45, 7) is 10.2. The lowest BCUT2D eigenvalue weighted by atomic mass is 9.95. The van der Waals surface area contributed by atoms with E-state index in [1.165, 1.54) is 0 Å². The molecule has 0 aliphatic carbocycles. The average Bonchev–Trinajstić information content (AvgIpc) is 2.69. The third kappa shape index (κ3) is 4.61. The molecular formula is C21H31N3O3. The number of hydrogen-bond donors (Lipinski definition) is 1. The second-order valence-corrected chi connectivity index (χ2v) is 7.82. The molecule has 2 aliphatic heterocycles. The Hall–Kier alpha value is -2.08. The Labute approximate surface area is 161 Å². The maximum atomic E-state index is 12.8. The van der Waals surface area contributed by atoms with Gasteiger partial charge in [0.25, 0.3) is 0 Å². The van der Waals surface area contributed by atoms with Gasteiger partial charge in [0.2, 0.25) is 5.91 Å². The molecule has 2 aliphatic rings. The zero-order valence-electron chi connectivity index (χ0n) is 16.7. The lowest BCUT2D eigenvalue weighted by molar-refractivity contribution is -0.140. The van der Waals surface area contributed by atoms with Crippen LogP contribution < -0.4 is 5.32 Å². The second-order valence-electron chi connectivity index (χ2n) is 7.82. The average molecular weight is 373 g/mol. The van der Waals surface area contributed by atoms with Crippen molar-refractivity contribution in [3.05, 3.63) is 29.3 Å². The van der Waals surface area contributed by atoms with Crippen molar-refractivity contribution < 1.29 is 14.3 Å². The Morgan fingerprint density at radius 1 is 1.07 bits per heavy atom. The molecule has 2 saturated heterocycles. The molecule has 2 fully saturated rings. The molecule has 148 valence electrons. The molecule has 0 atom stereocenters. The number of amides is 3. The van der Waals surface area contributed by atoms with Gasteiger partial charge in [-0.1, -0.05) is 32.0 Å². The highest BCUT2D eigenvalue weighted by atomic mass is 16.5. The molecule has 3 amide bonds. The van der Waals surface area contributed by atoms with Gasteiger partial charge < -0.3 is 19.9 Å². The second kappa shape index (κ2) is 8.74. The molecule has 1 aromatic carbocycles. The van der Waals surface area contributed by atoms with Crippen LogP contribution in [0.15, 0.2) is 18.2 Å². The Balaban J connectivity index is 1.57.